The lowest BCUT2D eigenvalue weighted by atomic mass is 9.81. The molecule has 3 N–H and O–H groups in total. The minimum atomic E-state index is -2.83. The molecular weight excluding hydrogens is 550 g/mol. The highest BCUT2D eigenvalue weighted by Gasteiger charge is 2.69. The predicted molar refractivity (Wildman–Crippen MR) is 151 cm³/mol. The van der Waals surface area contributed by atoms with Gasteiger partial charge in [-0.2, -0.15) is 0 Å². The molecule has 0 aromatic heterocycles. The van der Waals surface area contributed by atoms with E-state index in [4.69, 9.17) is 4.74 Å². The molecule has 2 saturated carbocycles. The first-order chi connectivity index (χ1) is 19.6. The molecule has 3 fully saturated rings. The lowest BCUT2D eigenvalue weighted by Crippen LogP contribution is -2.60. The van der Waals surface area contributed by atoms with Crippen LogP contribution in [0.3, 0.4) is 0 Å². The Morgan fingerprint density at radius 2 is 1.74 bits per heavy atom. The Bertz CT molecular complexity index is 1050. The van der Waals surface area contributed by atoms with E-state index in [0.29, 0.717) is 6.42 Å². The first-order valence-electron chi connectivity index (χ1n) is 15.0. The minimum Gasteiger partial charge on any atom is -0.449 e. The predicted octanol–water partition coefficient (Wildman–Crippen LogP) is 3.20. The zero-order chi connectivity index (χ0) is 31.4. The average molecular weight is 597 g/mol. The Hall–Kier alpha value is -3.05. The normalized spacial score (nSPS) is 25.5. The number of nitrogens with one attached hydrogen (secondary N) is 3. The number of fused-ring (bicyclic) bond motifs is 1. The van der Waals surface area contributed by atoms with Crippen molar-refractivity contribution >= 4 is 29.6 Å². The lowest BCUT2D eigenvalue weighted by molar-refractivity contribution is -0.145. The molecule has 1 aliphatic heterocycles. The molecule has 236 valence electrons. The van der Waals surface area contributed by atoms with Crippen molar-refractivity contribution in [1.29, 1.82) is 0 Å². The largest absolute Gasteiger partial charge is 0.449 e. The quantitative estimate of drug-likeness (QED) is 0.221. The maximum Gasteiger partial charge on any atom is 0.407 e. The van der Waals surface area contributed by atoms with E-state index < -0.39 is 72.4 Å². The standard InChI is InChI=1S/C30H46F2N4O6/c1-7-9-20(24(37)26(39)33-14-8-2)34-25(38)23-21-19(29(21,5)6)15-36(23)27(40)22(35-28(41)42-16-17(3)4)18-10-12-30(31,32)13-11-18/h8,17-23H,2,7,9-16H2,1,3-6H3,(H,33,39)(H,34,38)(H,35,41)/t19-,20?,21-,22-,23-/m0/s1. The topological polar surface area (TPSA) is 134 Å². The zero-order valence-electron chi connectivity index (χ0n) is 25.3. The van der Waals surface area contributed by atoms with Crippen LogP contribution < -0.4 is 16.0 Å². The molecule has 0 bridgehead atoms. The van der Waals surface area contributed by atoms with Crippen molar-refractivity contribution in [2.45, 2.75) is 97.2 Å². The molecule has 0 aromatic rings. The molecule has 5 atom stereocenters. The van der Waals surface area contributed by atoms with E-state index in [1.165, 1.54) is 11.0 Å². The van der Waals surface area contributed by atoms with Crippen molar-refractivity contribution in [1.82, 2.24) is 20.9 Å². The fourth-order valence-corrected chi connectivity index (χ4v) is 6.40. The first kappa shape index (κ1) is 33.5. The second kappa shape index (κ2) is 13.5. The number of alkyl halides is 2. The molecule has 4 amide bonds. The summed E-state index contributed by atoms with van der Waals surface area (Å²) in [7, 11) is 0. The molecule has 3 rings (SSSR count). The Morgan fingerprint density at radius 3 is 2.31 bits per heavy atom. The molecule has 3 aliphatic rings. The van der Waals surface area contributed by atoms with Crippen LogP contribution in [0.15, 0.2) is 12.7 Å². The van der Waals surface area contributed by atoms with Crippen molar-refractivity contribution in [3.8, 4) is 0 Å². The van der Waals surface area contributed by atoms with Crippen LogP contribution >= 0.6 is 0 Å². The van der Waals surface area contributed by atoms with Crippen LogP contribution in [0.5, 0.6) is 0 Å². The van der Waals surface area contributed by atoms with Gasteiger partial charge in [-0.3, -0.25) is 19.2 Å². The van der Waals surface area contributed by atoms with Crippen LogP contribution in [0.1, 0.15) is 73.1 Å². The maximum atomic E-state index is 14.1. The van der Waals surface area contributed by atoms with Crippen molar-refractivity contribution in [2.75, 3.05) is 19.7 Å². The summed E-state index contributed by atoms with van der Waals surface area (Å²) >= 11 is 0. The molecule has 0 spiro atoms. The number of Topliss-reactive ketones (excluding diaryl/α,β-unsaturated/α-hetero) is 1. The lowest BCUT2D eigenvalue weighted by Gasteiger charge is -2.38. The number of carbonyl (C=O) groups is 5. The fraction of sp³-hybridized carbons (Fsp3) is 0.767. The number of ether oxygens (including phenoxy) is 1. The summed E-state index contributed by atoms with van der Waals surface area (Å²) in [6.07, 6.45) is 0.631. The molecule has 1 saturated heterocycles. The second-order valence-electron chi connectivity index (χ2n) is 12.9. The van der Waals surface area contributed by atoms with Crippen LogP contribution in [-0.4, -0.2) is 78.2 Å². The Kier molecular flexibility index (Phi) is 10.8. The monoisotopic (exact) mass is 596 g/mol. The molecule has 1 unspecified atom stereocenters. The molecule has 2 aliphatic carbocycles. The number of nitrogens with zero attached hydrogens (tertiary/aromatic N) is 1. The van der Waals surface area contributed by atoms with Crippen LogP contribution in [0.25, 0.3) is 0 Å². The summed E-state index contributed by atoms with van der Waals surface area (Å²) in [6, 6.07) is -3.16. The molecule has 0 radical (unpaired) electrons. The molecule has 10 nitrogen and oxygen atoms in total. The van der Waals surface area contributed by atoms with E-state index >= 15 is 0 Å². The number of hydrogen-bond acceptors (Lipinski definition) is 6. The summed E-state index contributed by atoms with van der Waals surface area (Å²) in [6.45, 7) is 13.5. The summed E-state index contributed by atoms with van der Waals surface area (Å²) in [5, 5.41) is 7.78. The van der Waals surface area contributed by atoms with Crippen LogP contribution in [0, 0.1) is 29.1 Å². The Morgan fingerprint density at radius 1 is 1.10 bits per heavy atom. The third kappa shape index (κ3) is 7.66. The number of likely N-dealkylation sites (tertiary alicyclic amines) is 1. The number of piperidine rings is 1. The van der Waals surface area contributed by atoms with Gasteiger partial charge in [0.2, 0.25) is 23.5 Å². The first-order valence-corrected chi connectivity index (χ1v) is 15.0. The summed E-state index contributed by atoms with van der Waals surface area (Å²) in [5.74, 6) is -6.23. The number of ketones is 1. The van der Waals surface area contributed by atoms with Crippen molar-refractivity contribution in [3.63, 3.8) is 0 Å². The van der Waals surface area contributed by atoms with Crippen LogP contribution in [-0.2, 0) is 23.9 Å². The van der Waals surface area contributed by atoms with Crippen LogP contribution in [0.2, 0.25) is 0 Å². The van der Waals surface area contributed by atoms with Gasteiger partial charge in [0.25, 0.3) is 5.91 Å². The molecule has 12 heteroatoms. The van der Waals surface area contributed by atoms with Crippen molar-refractivity contribution in [3.05, 3.63) is 12.7 Å². The van der Waals surface area contributed by atoms with Gasteiger partial charge in [0.05, 0.1) is 12.6 Å². The molecule has 1 heterocycles. The number of hydrogen-bond donors (Lipinski definition) is 3. The number of amides is 4. The summed E-state index contributed by atoms with van der Waals surface area (Å²) in [4.78, 5) is 67.2. The van der Waals surface area contributed by atoms with Gasteiger partial charge in [0.15, 0.2) is 0 Å². The third-order valence-corrected chi connectivity index (χ3v) is 8.92. The molecular formula is C30H46F2N4O6. The third-order valence-electron chi connectivity index (χ3n) is 8.92. The average Bonchev–Trinajstić information content (AvgIpc) is 3.24. The van der Waals surface area contributed by atoms with E-state index in [-0.39, 0.29) is 62.1 Å². The zero-order valence-corrected chi connectivity index (χ0v) is 25.3. The summed E-state index contributed by atoms with van der Waals surface area (Å²) in [5.41, 5.74) is -0.240. The Labute approximate surface area is 246 Å². The Balaban J connectivity index is 1.84. The van der Waals surface area contributed by atoms with Crippen LogP contribution in [0.4, 0.5) is 13.6 Å². The highest BCUT2D eigenvalue weighted by molar-refractivity contribution is 6.38. The SMILES string of the molecule is C=CCNC(=O)C(=O)C(CCC)NC(=O)[C@@H]1[C@@H]2[C@H](CN1C(=O)[C@@H](NC(=O)OCC(C)C)C1CCC(F)(F)CC1)C2(C)C. The van der Waals surface area contributed by atoms with Crippen molar-refractivity contribution < 1.29 is 37.5 Å². The van der Waals surface area contributed by atoms with E-state index in [0.717, 1.165) is 0 Å². The van der Waals surface area contributed by atoms with Crippen molar-refractivity contribution in [2.24, 2.45) is 29.1 Å². The fourth-order valence-electron chi connectivity index (χ4n) is 6.40. The smallest absolute Gasteiger partial charge is 0.407 e. The van der Waals surface area contributed by atoms with Gasteiger partial charge < -0.3 is 25.6 Å². The minimum absolute atomic E-state index is 0.0117. The highest BCUT2D eigenvalue weighted by Crippen LogP contribution is 2.65. The number of halogens is 2. The van der Waals surface area contributed by atoms with Gasteiger partial charge in [0.1, 0.15) is 12.1 Å². The number of carbonyl (C=O) groups excluding carboxylic acids is 5. The second-order valence-corrected chi connectivity index (χ2v) is 12.9. The molecule has 42 heavy (non-hydrogen) atoms. The van der Waals surface area contributed by atoms with Gasteiger partial charge in [-0.25, -0.2) is 13.6 Å². The summed E-state index contributed by atoms with van der Waals surface area (Å²) < 4.78 is 33.2. The van der Waals surface area contributed by atoms with E-state index in [1.54, 1.807) is 0 Å². The van der Waals surface area contributed by atoms with Gasteiger partial charge in [-0.05, 0) is 48.3 Å². The van der Waals surface area contributed by atoms with Gasteiger partial charge >= 0.3 is 6.09 Å². The number of alkyl carbamates (subject to hydrolysis) is 1. The maximum absolute atomic E-state index is 14.1. The van der Waals surface area contributed by atoms with Gasteiger partial charge in [-0.15, -0.1) is 6.58 Å². The van der Waals surface area contributed by atoms with Gasteiger partial charge in [0, 0.05) is 25.9 Å². The van der Waals surface area contributed by atoms with E-state index in [2.05, 4.69) is 22.5 Å². The number of rotatable bonds is 13. The van der Waals surface area contributed by atoms with Gasteiger partial charge in [-0.1, -0.05) is 47.1 Å². The highest BCUT2D eigenvalue weighted by atomic mass is 19.3. The van der Waals surface area contributed by atoms with E-state index in [1.807, 2.05) is 34.6 Å². The molecule has 0 aromatic carbocycles. The van der Waals surface area contributed by atoms with E-state index in [9.17, 15) is 32.8 Å².